The van der Waals surface area contributed by atoms with Crippen LogP contribution in [0.2, 0.25) is 0 Å². The third kappa shape index (κ3) is 3.86. The van der Waals surface area contributed by atoms with Crippen LogP contribution in [0.3, 0.4) is 0 Å². The minimum atomic E-state index is -0.707. The molecule has 126 valence electrons. The van der Waals surface area contributed by atoms with Crippen LogP contribution in [0.4, 0.5) is 8.78 Å². The van der Waals surface area contributed by atoms with Crippen LogP contribution in [0, 0.1) is 11.6 Å². The molecule has 1 aromatic heterocycles. The lowest BCUT2D eigenvalue weighted by molar-refractivity contribution is 0.0937. The Labute approximate surface area is 137 Å². The number of hydrogen-bond acceptors (Lipinski definition) is 4. The molecule has 1 saturated heterocycles. The summed E-state index contributed by atoms with van der Waals surface area (Å²) in [6.07, 6.45) is 2.13. The summed E-state index contributed by atoms with van der Waals surface area (Å²) in [5.41, 5.74) is 0.451. The smallest absolute Gasteiger partial charge is 0.257 e. The molecule has 1 aromatic carbocycles. The maximum atomic E-state index is 13.6. The molecule has 2 heterocycles. The fraction of sp³-hybridized carbons (Fsp3) is 0.294. The Hall–Kier alpha value is -2.54. The molecule has 24 heavy (non-hydrogen) atoms. The molecule has 0 unspecified atom stereocenters. The zero-order valence-corrected chi connectivity index (χ0v) is 12.8. The van der Waals surface area contributed by atoms with Gasteiger partial charge in [-0.1, -0.05) is 6.07 Å². The Morgan fingerprint density at radius 3 is 3.00 bits per heavy atom. The van der Waals surface area contributed by atoms with Crippen molar-refractivity contribution in [1.29, 1.82) is 0 Å². The number of hydrogen-bond donors (Lipinski definition) is 1. The van der Waals surface area contributed by atoms with E-state index in [1.165, 1.54) is 12.3 Å². The maximum absolute atomic E-state index is 13.6. The number of halogens is 2. The minimum Gasteiger partial charge on any atom is -0.471 e. The van der Waals surface area contributed by atoms with Crippen LogP contribution >= 0.6 is 0 Å². The van der Waals surface area contributed by atoms with Gasteiger partial charge in [0.15, 0.2) is 0 Å². The number of nitrogens with one attached hydrogen (secondary N) is 1. The quantitative estimate of drug-likeness (QED) is 0.912. The summed E-state index contributed by atoms with van der Waals surface area (Å²) in [4.78, 5) is 16.4. The highest BCUT2D eigenvalue weighted by Crippen LogP contribution is 2.19. The minimum absolute atomic E-state index is 0.0637. The largest absolute Gasteiger partial charge is 0.471 e. The van der Waals surface area contributed by atoms with Gasteiger partial charge in [0.1, 0.15) is 23.3 Å². The van der Waals surface area contributed by atoms with Crippen LogP contribution in [-0.2, 0) is 11.3 Å². The third-order valence-corrected chi connectivity index (χ3v) is 3.64. The van der Waals surface area contributed by atoms with Crippen molar-refractivity contribution < 1.29 is 23.0 Å². The highest BCUT2D eigenvalue weighted by Gasteiger charge is 2.21. The molecular weight excluding hydrogens is 318 g/mol. The molecule has 0 bridgehead atoms. The average Bonchev–Trinajstić information content (AvgIpc) is 3.07. The fourth-order valence-corrected chi connectivity index (χ4v) is 2.36. The van der Waals surface area contributed by atoms with Crippen LogP contribution in [-0.4, -0.2) is 30.2 Å². The summed E-state index contributed by atoms with van der Waals surface area (Å²) in [7, 11) is 0. The highest BCUT2D eigenvalue weighted by atomic mass is 19.1. The van der Waals surface area contributed by atoms with Crippen LogP contribution in [0.1, 0.15) is 22.3 Å². The summed E-state index contributed by atoms with van der Waals surface area (Å²) in [5, 5.41) is 2.59. The first-order valence-electron chi connectivity index (χ1n) is 7.55. The van der Waals surface area contributed by atoms with Crippen LogP contribution in [0.5, 0.6) is 5.88 Å². The maximum Gasteiger partial charge on any atom is 0.257 e. The van der Waals surface area contributed by atoms with Crippen LogP contribution in [0.15, 0.2) is 36.5 Å². The zero-order valence-electron chi connectivity index (χ0n) is 12.8. The standard InChI is InChI=1S/C17H16F2N2O3/c18-12-4-3-11(15(19)8-12)9-21-16(22)14-2-1-6-20-17(14)24-13-5-7-23-10-13/h1-4,6,8,13H,5,7,9-10H2,(H,21,22)/t13-/m1/s1. The third-order valence-electron chi connectivity index (χ3n) is 3.64. The molecule has 3 rings (SSSR count). The van der Waals surface area contributed by atoms with Crippen molar-refractivity contribution in [3.8, 4) is 5.88 Å². The topological polar surface area (TPSA) is 60.5 Å². The Bertz CT molecular complexity index is 734. The van der Waals surface area contributed by atoms with E-state index < -0.39 is 17.5 Å². The van der Waals surface area contributed by atoms with Gasteiger partial charge in [-0.15, -0.1) is 0 Å². The molecule has 1 aliphatic rings. The van der Waals surface area contributed by atoms with Crippen molar-refractivity contribution in [1.82, 2.24) is 10.3 Å². The number of carbonyl (C=O) groups excluding carboxylic acids is 1. The molecule has 1 amide bonds. The van der Waals surface area contributed by atoms with Crippen LogP contribution < -0.4 is 10.1 Å². The number of benzene rings is 1. The SMILES string of the molecule is O=C(NCc1ccc(F)cc1F)c1cccnc1O[C@@H]1CCOC1. The van der Waals surface area contributed by atoms with Crippen molar-refractivity contribution in [3.05, 3.63) is 59.3 Å². The van der Waals surface area contributed by atoms with Gasteiger partial charge in [-0.3, -0.25) is 4.79 Å². The highest BCUT2D eigenvalue weighted by molar-refractivity contribution is 5.96. The van der Waals surface area contributed by atoms with E-state index in [0.29, 0.717) is 13.2 Å². The van der Waals surface area contributed by atoms with Crippen molar-refractivity contribution in [2.45, 2.75) is 19.1 Å². The van der Waals surface area contributed by atoms with E-state index in [-0.39, 0.29) is 29.7 Å². The van der Waals surface area contributed by atoms with Gasteiger partial charge in [0.25, 0.3) is 5.91 Å². The first-order chi connectivity index (χ1) is 11.6. The molecule has 1 fully saturated rings. The van der Waals surface area contributed by atoms with E-state index in [1.54, 1.807) is 12.1 Å². The lowest BCUT2D eigenvalue weighted by atomic mass is 10.2. The molecule has 7 heteroatoms. The zero-order chi connectivity index (χ0) is 16.9. The second-order valence-corrected chi connectivity index (χ2v) is 5.38. The Morgan fingerprint density at radius 1 is 1.38 bits per heavy atom. The molecule has 0 aliphatic carbocycles. The predicted molar refractivity (Wildman–Crippen MR) is 81.6 cm³/mol. The molecule has 0 saturated carbocycles. The summed E-state index contributed by atoms with van der Waals surface area (Å²) in [5.74, 6) is -1.60. The summed E-state index contributed by atoms with van der Waals surface area (Å²) in [6, 6.07) is 6.41. The van der Waals surface area contributed by atoms with Gasteiger partial charge >= 0.3 is 0 Å². The number of aromatic nitrogens is 1. The summed E-state index contributed by atoms with van der Waals surface area (Å²) >= 11 is 0. The van der Waals surface area contributed by atoms with Gasteiger partial charge < -0.3 is 14.8 Å². The van der Waals surface area contributed by atoms with E-state index in [4.69, 9.17) is 9.47 Å². The normalized spacial score (nSPS) is 16.8. The average molecular weight is 334 g/mol. The van der Waals surface area contributed by atoms with Crippen LogP contribution in [0.25, 0.3) is 0 Å². The molecule has 1 atom stereocenters. The number of rotatable bonds is 5. The monoisotopic (exact) mass is 334 g/mol. The molecule has 1 aliphatic heterocycles. The number of amides is 1. The molecular formula is C17H16F2N2O3. The lowest BCUT2D eigenvalue weighted by Crippen LogP contribution is -2.26. The molecule has 1 N–H and O–H groups in total. The van der Waals surface area contributed by atoms with E-state index in [2.05, 4.69) is 10.3 Å². The van der Waals surface area contributed by atoms with Gasteiger partial charge in [0.2, 0.25) is 5.88 Å². The van der Waals surface area contributed by atoms with Crippen molar-refractivity contribution in [3.63, 3.8) is 0 Å². The van der Waals surface area contributed by atoms with Crippen molar-refractivity contribution >= 4 is 5.91 Å². The van der Waals surface area contributed by atoms with E-state index in [9.17, 15) is 13.6 Å². The molecule has 0 spiro atoms. The van der Waals surface area contributed by atoms with Gasteiger partial charge in [0, 0.05) is 30.8 Å². The second-order valence-electron chi connectivity index (χ2n) is 5.38. The summed E-state index contributed by atoms with van der Waals surface area (Å²) < 4.78 is 37.4. The molecule has 5 nitrogen and oxygen atoms in total. The Balaban J connectivity index is 1.68. The van der Waals surface area contributed by atoms with E-state index >= 15 is 0 Å². The van der Waals surface area contributed by atoms with Gasteiger partial charge in [0.05, 0.1) is 13.2 Å². The first-order valence-corrected chi connectivity index (χ1v) is 7.55. The van der Waals surface area contributed by atoms with Gasteiger partial charge in [-0.05, 0) is 18.2 Å². The summed E-state index contributed by atoms with van der Waals surface area (Å²) in [6.45, 7) is 1.01. The number of nitrogens with zero attached hydrogens (tertiary/aromatic N) is 1. The lowest BCUT2D eigenvalue weighted by Gasteiger charge is -2.14. The first kappa shape index (κ1) is 16.3. The van der Waals surface area contributed by atoms with E-state index in [1.807, 2.05) is 0 Å². The second kappa shape index (κ2) is 7.35. The van der Waals surface area contributed by atoms with Gasteiger partial charge in [-0.25, -0.2) is 13.8 Å². The Kier molecular flexibility index (Phi) is 5.00. The van der Waals surface area contributed by atoms with Crippen molar-refractivity contribution in [2.24, 2.45) is 0 Å². The number of ether oxygens (including phenoxy) is 2. The number of pyridine rings is 1. The molecule has 0 radical (unpaired) electrons. The molecule has 2 aromatic rings. The number of carbonyl (C=O) groups is 1. The van der Waals surface area contributed by atoms with Gasteiger partial charge in [-0.2, -0.15) is 0 Å². The fourth-order valence-electron chi connectivity index (χ4n) is 2.36. The Morgan fingerprint density at radius 2 is 2.25 bits per heavy atom. The van der Waals surface area contributed by atoms with Crippen molar-refractivity contribution in [2.75, 3.05) is 13.2 Å². The predicted octanol–water partition coefficient (Wildman–Crippen LogP) is 2.46. The van der Waals surface area contributed by atoms with E-state index in [0.717, 1.165) is 18.6 Å².